The minimum atomic E-state index is -6.00. The van der Waals surface area contributed by atoms with E-state index >= 15 is 0 Å². The van der Waals surface area contributed by atoms with Crippen LogP contribution in [0.2, 0.25) is 0 Å². The van der Waals surface area contributed by atoms with Gasteiger partial charge < -0.3 is 34.5 Å². The first-order valence-corrected chi connectivity index (χ1v) is 18.2. The molecule has 0 unspecified atom stereocenters. The standard InChI is InChI=1S/C38H32P2.2BF4.Ru/c1-29-17-15-27-35(39(31-19-7-3-8-20-31)32-21-9-4-10-22-32)37(29)38-30(2)18-16-28-36(38)40(33-23-11-5-12-24-33)34-25-13-6-14-26-34;2*2-1(3,4)5;/h3-28H,1-2H3;;;/q;2*-1;+2. The minimum absolute atomic E-state index is 0. The van der Waals surface area contributed by atoms with Crippen molar-refractivity contribution in [2.45, 2.75) is 13.8 Å². The Balaban J connectivity index is 0.000000565. The number of hydrogen-bond donors (Lipinski definition) is 0. The van der Waals surface area contributed by atoms with Gasteiger partial charge in [-0.25, -0.2) is 0 Å². The second-order valence-electron chi connectivity index (χ2n) is 10.9. The van der Waals surface area contributed by atoms with E-state index in [1.54, 1.807) is 0 Å². The predicted molar refractivity (Wildman–Crippen MR) is 199 cm³/mol. The number of rotatable bonds is 7. The SMILES string of the molecule is Cc1cccc(P(c2ccccc2)c2ccccc2)c1-c1c(C)cccc1P(c1ccccc1)c1ccccc1.F[B-](F)(F)F.F[B-](F)(F)F.[Ru+2]. The third-order valence-corrected chi connectivity index (χ3v) is 12.3. The molecule has 0 heterocycles. The molecule has 0 N–H and O–H groups in total. The zero-order valence-electron chi connectivity index (χ0n) is 27.4. The maximum absolute atomic E-state index is 9.75. The summed E-state index contributed by atoms with van der Waals surface area (Å²) >= 11 is 0. The second kappa shape index (κ2) is 19.3. The van der Waals surface area contributed by atoms with Gasteiger partial charge in [0, 0.05) is 0 Å². The Morgan fingerprint density at radius 2 is 0.549 bits per heavy atom. The van der Waals surface area contributed by atoms with Crippen molar-refractivity contribution in [3.63, 3.8) is 0 Å². The molecule has 13 heteroatoms. The molecule has 0 amide bonds. The van der Waals surface area contributed by atoms with Crippen LogP contribution >= 0.6 is 15.8 Å². The topological polar surface area (TPSA) is 0 Å². The first-order valence-electron chi connectivity index (χ1n) is 15.5. The van der Waals surface area contributed by atoms with Gasteiger partial charge in [0.2, 0.25) is 0 Å². The van der Waals surface area contributed by atoms with Gasteiger partial charge >= 0.3 is 34.0 Å². The van der Waals surface area contributed by atoms with E-state index in [0.717, 1.165) is 0 Å². The fourth-order valence-electron chi connectivity index (χ4n) is 5.49. The maximum Gasteiger partial charge on any atom is 2.00 e. The molecule has 6 rings (SSSR count). The molecule has 6 aromatic rings. The molecule has 0 aromatic heterocycles. The molecule has 6 aromatic carbocycles. The minimum Gasteiger partial charge on any atom is -0.418 e. The van der Waals surface area contributed by atoms with Crippen LogP contribution in [0.4, 0.5) is 34.5 Å². The molecule has 51 heavy (non-hydrogen) atoms. The molecule has 0 spiro atoms. The van der Waals surface area contributed by atoms with Gasteiger partial charge in [0.15, 0.2) is 0 Å². The number of aryl methyl sites for hydroxylation is 2. The zero-order chi connectivity index (χ0) is 36.3. The number of benzene rings is 6. The van der Waals surface area contributed by atoms with Crippen molar-refractivity contribution in [2.24, 2.45) is 0 Å². The van der Waals surface area contributed by atoms with Crippen molar-refractivity contribution in [3.05, 3.63) is 169 Å². The van der Waals surface area contributed by atoms with E-state index in [4.69, 9.17) is 0 Å². The summed E-state index contributed by atoms with van der Waals surface area (Å²) in [6, 6.07) is 58.0. The molecule has 0 aliphatic rings. The third kappa shape index (κ3) is 12.8. The molecule has 0 fully saturated rings. The molecular formula is C38H32B2F8P2Ru. The molecule has 0 aliphatic carbocycles. The largest absolute Gasteiger partial charge is 2.00 e. The van der Waals surface area contributed by atoms with Crippen LogP contribution in [0.15, 0.2) is 158 Å². The summed E-state index contributed by atoms with van der Waals surface area (Å²) in [6.07, 6.45) is 0. The summed E-state index contributed by atoms with van der Waals surface area (Å²) < 4.78 is 78.0. The molecular weight excluding hydrogens is 793 g/mol. The van der Waals surface area contributed by atoms with Crippen LogP contribution in [0.3, 0.4) is 0 Å². The molecule has 0 bridgehead atoms. The van der Waals surface area contributed by atoms with Gasteiger partial charge in [-0.2, -0.15) is 0 Å². The first kappa shape index (κ1) is 41.8. The fourth-order valence-corrected chi connectivity index (χ4v) is 10.6. The zero-order valence-corrected chi connectivity index (χ0v) is 31.0. The van der Waals surface area contributed by atoms with E-state index in [9.17, 15) is 34.5 Å². The Kier molecular flexibility index (Phi) is 15.8. The van der Waals surface area contributed by atoms with Gasteiger partial charge in [0.1, 0.15) is 0 Å². The predicted octanol–water partition coefficient (Wildman–Crippen LogP) is 10.1. The summed E-state index contributed by atoms with van der Waals surface area (Å²) in [5.41, 5.74) is 5.41. The Bertz CT molecular complexity index is 1700. The average Bonchev–Trinajstić information content (AvgIpc) is 3.06. The van der Waals surface area contributed by atoms with Crippen LogP contribution in [0, 0.1) is 13.8 Å². The van der Waals surface area contributed by atoms with E-state index < -0.39 is 30.4 Å². The van der Waals surface area contributed by atoms with Crippen LogP contribution in [0.1, 0.15) is 11.1 Å². The van der Waals surface area contributed by atoms with Gasteiger partial charge in [0.05, 0.1) is 0 Å². The smallest absolute Gasteiger partial charge is 0.418 e. The van der Waals surface area contributed by atoms with Crippen molar-refractivity contribution in [1.82, 2.24) is 0 Å². The van der Waals surface area contributed by atoms with Crippen molar-refractivity contribution < 1.29 is 54.0 Å². The van der Waals surface area contributed by atoms with Crippen LogP contribution in [-0.4, -0.2) is 14.5 Å². The van der Waals surface area contributed by atoms with E-state index in [0.29, 0.717) is 0 Å². The van der Waals surface area contributed by atoms with Crippen molar-refractivity contribution in [3.8, 4) is 11.1 Å². The summed E-state index contributed by atoms with van der Waals surface area (Å²) in [4.78, 5) is 0. The fraction of sp³-hybridized carbons (Fsp3) is 0.0526. The molecule has 0 aliphatic heterocycles. The number of hydrogen-bond acceptors (Lipinski definition) is 0. The van der Waals surface area contributed by atoms with Gasteiger partial charge in [-0.15, -0.1) is 0 Å². The van der Waals surface area contributed by atoms with Crippen LogP contribution in [0.25, 0.3) is 11.1 Å². The molecule has 0 saturated carbocycles. The second-order valence-corrected chi connectivity index (χ2v) is 15.3. The third-order valence-electron chi connectivity index (χ3n) is 7.29. The summed E-state index contributed by atoms with van der Waals surface area (Å²) in [5.74, 6) is 0. The molecule has 0 saturated heterocycles. The molecule has 0 atom stereocenters. The van der Waals surface area contributed by atoms with Crippen molar-refractivity contribution in [2.75, 3.05) is 0 Å². The van der Waals surface area contributed by atoms with Gasteiger partial charge in [0.25, 0.3) is 0 Å². The number of halogens is 8. The van der Waals surface area contributed by atoms with E-state index in [2.05, 4.69) is 172 Å². The Hall–Kier alpha value is -3.63. The van der Waals surface area contributed by atoms with Gasteiger partial charge in [-0.3, -0.25) is 0 Å². The average molecular weight is 825 g/mol. The quantitative estimate of drug-likeness (QED) is 0.0855. The van der Waals surface area contributed by atoms with E-state index in [1.807, 2.05) is 0 Å². The molecule has 0 radical (unpaired) electrons. The molecule has 0 nitrogen and oxygen atoms in total. The normalized spacial score (nSPS) is 11.1. The van der Waals surface area contributed by atoms with Gasteiger partial charge in [-0.05, 0) is 83.8 Å². The van der Waals surface area contributed by atoms with Crippen molar-refractivity contribution >= 4 is 62.2 Å². The van der Waals surface area contributed by atoms with E-state index in [-0.39, 0.29) is 19.5 Å². The van der Waals surface area contributed by atoms with Crippen LogP contribution < -0.4 is 31.8 Å². The molecule has 264 valence electrons. The summed E-state index contributed by atoms with van der Waals surface area (Å²) in [5, 5.41) is 8.33. The van der Waals surface area contributed by atoms with Crippen LogP contribution in [-0.2, 0) is 19.5 Å². The summed E-state index contributed by atoms with van der Waals surface area (Å²) in [7, 11) is -13.5. The van der Waals surface area contributed by atoms with Crippen molar-refractivity contribution in [1.29, 1.82) is 0 Å². The van der Waals surface area contributed by atoms with Crippen LogP contribution in [0.5, 0.6) is 0 Å². The summed E-state index contributed by atoms with van der Waals surface area (Å²) in [6.45, 7) is 4.57. The van der Waals surface area contributed by atoms with Gasteiger partial charge in [-0.1, -0.05) is 158 Å². The Morgan fingerprint density at radius 1 is 0.333 bits per heavy atom. The Morgan fingerprint density at radius 3 is 0.765 bits per heavy atom. The monoisotopic (exact) mass is 826 g/mol. The Labute approximate surface area is 308 Å². The first-order chi connectivity index (χ1) is 23.7. The van der Waals surface area contributed by atoms with E-state index in [1.165, 1.54) is 54.1 Å². The maximum atomic E-state index is 9.75.